The second-order valence-corrected chi connectivity index (χ2v) is 4.47. The number of aromatic carboxylic acids is 1. The van der Waals surface area contributed by atoms with Gasteiger partial charge in [-0.2, -0.15) is 4.98 Å². The Labute approximate surface area is 114 Å². The first-order valence-electron chi connectivity index (χ1n) is 5.95. The van der Waals surface area contributed by atoms with Crippen molar-refractivity contribution < 1.29 is 23.6 Å². The first-order chi connectivity index (χ1) is 9.45. The van der Waals surface area contributed by atoms with Crippen molar-refractivity contribution in [3.63, 3.8) is 0 Å². The average molecular weight is 280 g/mol. The minimum Gasteiger partial charge on any atom is -0.484 e. The number of halogens is 1. The van der Waals surface area contributed by atoms with E-state index >= 15 is 0 Å². The molecule has 1 aromatic carbocycles. The van der Waals surface area contributed by atoms with Crippen LogP contribution >= 0.6 is 0 Å². The third kappa shape index (κ3) is 3.31. The molecule has 0 spiro atoms. The summed E-state index contributed by atoms with van der Waals surface area (Å²) in [5.74, 6) is -0.904. The molecule has 0 aliphatic carbocycles. The summed E-state index contributed by atoms with van der Waals surface area (Å²) in [6, 6.07) is 3.23. The van der Waals surface area contributed by atoms with Gasteiger partial charge < -0.3 is 14.4 Å². The van der Waals surface area contributed by atoms with Crippen LogP contribution in [0, 0.1) is 5.82 Å². The van der Waals surface area contributed by atoms with Crippen LogP contribution in [0.25, 0.3) is 0 Å². The Morgan fingerprint density at radius 3 is 2.80 bits per heavy atom. The summed E-state index contributed by atoms with van der Waals surface area (Å²) < 4.78 is 23.4. The fraction of sp³-hybridized carbons (Fsp3) is 0.308. The van der Waals surface area contributed by atoms with Gasteiger partial charge in [0.2, 0.25) is 0 Å². The standard InChI is InChI=1S/C13H13FN2O4/c1-7(2)12-15-11(20-16-12)6-19-10-4-8(13(17)18)3-9(14)5-10/h3-5,7H,6H2,1-2H3,(H,17,18). The van der Waals surface area contributed by atoms with Gasteiger partial charge in [-0.25, -0.2) is 9.18 Å². The Morgan fingerprint density at radius 2 is 2.20 bits per heavy atom. The van der Waals surface area contributed by atoms with Gasteiger partial charge in [-0.15, -0.1) is 0 Å². The first-order valence-corrected chi connectivity index (χ1v) is 5.95. The summed E-state index contributed by atoms with van der Waals surface area (Å²) in [7, 11) is 0. The molecule has 1 heterocycles. The molecule has 106 valence electrons. The van der Waals surface area contributed by atoms with Crippen molar-refractivity contribution in [3.8, 4) is 5.75 Å². The summed E-state index contributed by atoms with van der Waals surface area (Å²) in [6.45, 7) is 3.78. The average Bonchev–Trinajstić information content (AvgIpc) is 2.84. The Hall–Kier alpha value is -2.44. The minimum atomic E-state index is -1.23. The zero-order chi connectivity index (χ0) is 14.7. The molecular formula is C13H13FN2O4. The summed E-state index contributed by atoms with van der Waals surface area (Å²) in [5, 5.41) is 12.6. The van der Waals surface area contributed by atoms with Crippen molar-refractivity contribution in [2.75, 3.05) is 0 Å². The lowest BCUT2D eigenvalue weighted by molar-refractivity contribution is 0.0695. The van der Waals surface area contributed by atoms with Crippen LogP contribution < -0.4 is 4.74 Å². The van der Waals surface area contributed by atoms with Crippen LogP contribution in [0.2, 0.25) is 0 Å². The van der Waals surface area contributed by atoms with Crippen LogP contribution in [0.1, 0.15) is 41.8 Å². The molecule has 0 radical (unpaired) electrons. The van der Waals surface area contributed by atoms with Gasteiger partial charge in [0.25, 0.3) is 5.89 Å². The third-order valence-electron chi connectivity index (χ3n) is 2.48. The lowest BCUT2D eigenvalue weighted by atomic mass is 10.2. The number of hydrogen-bond acceptors (Lipinski definition) is 5. The molecule has 0 bridgehead atoms. The molecule has 20 heavy (non-hydrogen) atoms. The van der Waals surface area contributed by atoms with Gasteiger partial charge in [-0.05, 0) is 12.1 Å². The molecular weight excluding hydrogens is 267 g/mol. The largest absolute Gasteiger partial charge is 0.484 e. The molecule has 0 amide bonds. The molecule has 7 heteroatoms. The molecule has 0 unspecified atom stereocenters. The van der Waals surface area contributed by atoms with Gasteiger partial charge in [0.1, 0.15) is 11.6 Å². The van der Waals surface area contributed by atoms with Gasteiger partial charge in [0, 0.05) is 12.0 Å². The molecule has 0 fully saturated rings. The van der Waals surface area contributed by atoms with Crippen molar-refractivity contribution in [2.24, 2.45) is 0 Å². The fourth-order valence-corrected chi connectivity index (χ4v) is 1.48. The Balaban J connectivity index is 2.08. The van der Waals surface area contributed by atoms with Crippen molar-refractivity contribution in [3.05, 3.63) is 41.3 Å². The van der Waals surface area contributed by atoms with Crippen molar-refractivity contribution in [1.29, 1.82) is 0 Å². The number of rotatable bonds is 5. The lowest BCUT2D eigenvalue weighted by Crippen LogP contribution is -2.01. The van der Waals surface area contributed by atoms with Crippen molar-refractivity contribution in [2.45, 2.75) is 26.4 Å². The van der Waals surface area contributed by atoms with Crippen LogP contribution in [-0.4, -0.2) is 21.2 Å². The second-order valence-electron chi connectivity index (χ2n) is 4.47. The number of nitrogens with zero attached hydrogens (tertiary/aromatic N) is 2. The SMILES string of the molecule is CC(C)c1noc(COc2cc(F)cc(C(=O)O)c2)n1. The molecule has 2 aromatic rings. The van der Waals surface area contributed by atoms with Gasteiger partial charge >= 0.3 is 5.97 Å². The molecule has 2 rings (SSSR count). The number of carboxylic acids is 1. The van der Waals surface area contributed by atoms with Gasteiger partial charge in [-0.3, -0.25) is 0 Å². The number of hydrogen-bond donors (Lipinski definition) is 1. The number of ether oxygens (including phenoxy) is 1. The van der Waals surface area contributed by atoms with Gasteiger partial charge in [0.05, 0.1) is 5.56 Å². The zero-order valence-corrected chi connectivity index (χ0v) is 11.0. The topological polar surface area (TPSA) is 85.5 Å². The molecule has 0 saturated carbocycles. The quantitative estimate of drug-likeness (QED) is 0.906. The normalized spacial score (nSPS) is 10.8. The highest BCUT2D eigenvalue weighted by Gasteiger charge is 2.12. The van der Waals surface area contributed by atoms with Crippen molar-refractivity contribution >= 4 is 5.97 Å². The molecule has 6 nitrogen and oxygen atoms in total. The molecule has 0 aliphatic rings. The van der Waals surface area contributed by atoms with Crippen LogP contribution in [0.5, 0.6) is 5.75 Å². The predicted molar refractivity (Wildman–Crippen MR) is 66.1 cm³/mol. The van der Waals surface area contributed by atoms with E-state index < -0.39 is 11.8 Å². The Kier molecular flexibility index (Phi) is 3.97. The highest BCUT2D eigenvalue weighted by Crippen LogP contribution is 2.18. The number of carbonyl (C=O) groups is 1. The van der Waals surface area contributed by atoms with E-state index in [-0.39, 0.29) is 29.7 Å². The highest BCUT2D eigenvalue weighted by atomic mass is 19.1. The second kappa shape index (κ2) is 5.68. The van der Waals surface area contributed by atoms with Crippen LogP contribution in [-0.2, 0) is 6.61 Å². The number of carboxylic acid groups (broad SMARTS) is 1. The Bertz CT molecular complexity index is 625. The van der Waals surface area contributed by atoms with E-state index in [2.05, 4.69) is 10.1 Å². The molecule has 0 atom stereocenters. The maximum Gasteiger partial charge on any atom is 0.335 e. The number of benzene rings is 1. The maximum absolute atomic E-state index is 13.2. The van der Waals surface area contributed by atoms with Crippen LogP contribution in [0.15, 0.2) is 22.7 Å². The van der Waals surface area contributed by atoms with Crippen LogP contribution in [0.3, 0.4) is 0 Å². The third-order valence-corrected chi connectivity index (χ3v) is 2.48. The van der Waals surface area contributed by atoms with E-state index in [1.807, 2.05) is 13.8 Å². The maximum atomic E-state index is 13.2. The van der Waals surface area contributed by atoms with Gasteiger partial charge in [-0.1, -0.05) is 19.0 Å². The monoisotopic (exact) mass is 280 g/mol. The van der Waals surface area contributed by atoms with E-state index in [1.54, 1.807) is 0 Å². The highest BCUT2D eigenvalue weighted by molar-refractivity contribution is 5.88. The summed E-state index contributed by atoms with van der Waals surface area (Å²) in [4.78, 5) is 14.9. The molecule has 0 saturated heterocycles. The zero-order valence-electron chi connectivity index (χ0n) is 11.0. The van der Waals surface area contributed by atoms with Gasteiger partial charge in [0.15, 0.2) is 12.4 Å². The predicted octanol–water partition coefficient (Wildman–Crippen LogP) is 2.61. The smallest absolute Gasteiger partial charge is 0.335 e. The van der Waals surface area contributed by atoms with E-state index in [0.29, 0.717) is 5.82 Å². The van der Waals surface area contributed by atoms with Crippen LogP contribution in [0.4, 0.5) is 4.39 Å². The summed E-state index contributed by atoms with van der Waals surface area (Å²) in [5.41, 5.74) is -0.187. The Morgan fingerprint density at radius 1 is 1.45 bits per heavy atom. The molecule has 1 aromatic heterocycles. The lowest BCUT2D eigenvalue weighted by Gasteiger charge is -2.04. The summed E-state index contributed by atoms with van der Waals surface area (Å²) in [6.07, 6.45) is 0. The van der Waals surface area contributed by atoms with E-state index in [9.17, 15) is 9.18 Å². The van der Waals surface area contributed by atoms with Crippen molar-refractivity contribution in [1.82, 2.24) is 10.1 Å². The van der Waals surface area contributed by atoms with E-state index in [4.69, 9.17) is 14.4 Å². The fourth-order valence-electron chi connectivity index (χ4n) is 1.48. The van der Waals surface area contributed by atoms with E-state index in [1.165, 1.54) is 6.07 Å². The minimum absolute atomic E-state index is 0.0533. The molecule has 1 N–H and O–H groups in total. The first kappa shape index (κ1) is 14.0. The van der Waals surface area contributed by atoms with E-state index in [0.717, 1.165) is 12.1 Å². The summed E-state index contributed by atoms with van der Waals surface area (Å²) >= 11 is 0. The number of aromatic nitrogens is 2. The molecule has 0 aliphatic heterocycles.